The number of aromatic nitrogens is 1. The Morgan fingerprint density at radius 3 is 2.34 bits per heavy atom. The maximum Gasteiger partial charge on any atom is 0.524 e. The van der Waals surface area contributed by atoms with Crippen molar-refractivity contribution in [3.8, 4) is 5.75 Å². The number of hydrogen-bond acceptors (Lipinski definition) is 6. The Hall–Kier alpha value is -1.78. The lowest BCUT2D eigenvalue weighted by molar-refractivity contribution is -0.116. The summed E-state index contributed by atoms with van der Waals surface area (Å²) in [6.07, 6.45) is 0. The quantitative estimate of drug-likeness (QED) is 0.603. The van der Waals surface area contributed by atoms with Gasteiger partial charge in [0.05, 0.1) is 12.3 Å². The van der Waals surface area contributed by atoms with Crippen LogP contribution in [0.15, 0.2) is 33.5 Å². The predicted molar refractivity (Wildman–Crippen MR) is 108 cm³/mol. The minimum Gasteiger partial charge on any atom is -0.404 e. The van der Waals surface area contributed by atoms with Crippen molar-refractivity contribution >= 4 is 34.9 Å². The summed E-state index contributed by atoms with van der Waals surface area (Å²) in [5.41, 5.74) is 1.19. The van der Waals surface area contributed by atoms with E-state index in [-0.39, 0.29) is 33.0 Å². The molecule has 0 radical (unpaired) electrons. The van der Waals surface area contributed by atoms with E-state index in [9.17, 15) is 17.8 Å². The van der Waals surface area contributed by atoms with E-state index in [2.05, 4.69) is 9.52 Å². The van der Waals surface area contributed by atoms with Crippen LogP contribution in [0.4, 0.5) is 0 Å². The third kappa shape index (κ3) is 6.61. The van der Waals surface area contributed by atoms with Crippen molar-refractivity contribution in [1.29, 1.82) is 0 Å². The second-order valence-electron chi connectivity index (χ2n) is 6.88. The van der Waals surface area contributed by atoms with Crippen LogP contribution in [0.2, 0.25) is 0 Å². The van der Waals surface area contributed by atoms with Gasteiger partial charge in [-0.15, -0.1) is 0 Å². The summed E-state index contributed by atoms with van der Waals surface area (Å²) in [5.74, 6) is -0.506. The second kappa shape index (κ2) is 8.93. The van der Waals surface area contributed by atoms with E-state index >= 15 is 0 Å². The summed E-state index contributed by atoms with van der Waals surface area (Å²) >= 11 is 0.953. The largest absolute Gasteiger partial charge is 0.524 e. The molecule has 1 aromatic carbocycles. The van der Waals surface area contributed by atoms with Crippen molar-refractivity contribution in [2.45, 2.75) is 38.4 Å². The van der Waals surface area contributed by atoms with Crippen molar-refractivity contribution in [2.75, 3.05) is 5.75 Å². The topological polar surface area (TPSA) is 135 Å². The molecule has 12 heteroatoms. The first-order valence-electron chi connectivity index (χ1n) is 8.61. The third-order valence-corrected chi connectivity index (χ3v) is 8.09. The Bertz CT molecular complexity index is 1110. The third-order valence-electron chi connectivity index (χ3n) is 3.69. The van der Waals surface area contributed by atoms with Gasteiger partial charge in [-0.1, -0.05) is 37.3 Å². The Kier molecular flexibility index (Phi) is 7.23. The molecule has 0 aliphatic heterocycles. The van der Waals surface area contributed by atoms with E-state index < -0.39 is 23.6 Å². The van der Waals surface area contributed by atoms with Gasteiger partial charge in [0.2, 0.25) is 5.91 Å². The highest BCUT2D eigenvalue weighted by atomic mass is 32.2. The van der Waals surface area contributed by atoms with Gasteiger partial charge in [-0.05, 0) is 30.5 Å². The van der Waals surface area contributed by atoms with Gasteiger partial charge in [-0.3, -0.25) is 14.6 Å². The van der Waals surface area contributed by atoms with E-state index in [0.717, 1.165) is 11.3 Å². The molecule has 9 nitrogen and oxygen atoms in total. The molecule has 0 bridgehead atoms. The van der Waals surface area contributed by atoms with Gasteiger partial charge in [0.25, 0.3) is 0 Å². The normalized spacial score (nSPS) is 13.1. The smallest absolute Gasteiger partial charge is 0.404 e. The first-order valence-corrected chi connectivity index (χ1v) is 12.6. The number of rotatable bonds is 7. The summed E-state index contributed by atoms with van der Waals surface area (Å²) in [4.78, 5) is 33.5. The molecule has 2 rings (SSSR count). The Balaban J connectivity index is 2.47. The molecule has 0 saturated carbocycles. The molecule has 0 unspecified atom stereocenters. The highest BCUT2D eigenvalue weighted by Crippen LogP contribution is 2.37. The van der Waals surface area contributed by atoms with Crippen molar-refractivity contribution < 1.29 is 32.1 Å². The second-order valence-corrected chi connectivity index (χ2v) is 11.2. The van der Waals surface area contributed by atoms with E-state index in [1.165, 1.54) is 19.1 Å². The van der Waals surface area contributed by atoms with Gasteiger partial charge in [-0.2, -0.15) is 4.99 Å². The minimum atomic E-state index is -4.65. The van der Waals surface area contributed by atoms with Crippen LogP contribution in [-0.2, 0) is 25.7 Å². The predicted octanol–water partition coefficient (Wildman–Crippen LogP) is 2.25. The summed E-state index contributed by atoms with van der Waals surface area (Å²) in [6.45, 7) is 6.80. The van der Waals surface area contributed by atoms with Crippen LogP contribution in [0.3, 0.4) is 0 Å². The molecule has 0 atom stereocenters. The number of nitrogens with zero attached hydrogens (tertiary/aromatic N) is 2. The van der Waals surface area contributed by atoms with Crippen LogP contribution in [0, 0.1) is 12.8 Å². The number of carbonyl (C=O) groups is 1. The van der Waals surface area contributed by atoms with Gasteiger partial charge in [0.1, 0.15) is 9.96 Å². The van der Waals surface area contributed by atoms with Crippen molar-refractivity contribution in [2.24, 2.45) is 10.9 Å². The molecule has 1 heterocycles. The summed E-state index contributed by atoms with van der Waals surface area (Å²) in [6, 6.07) is 5.98. The molecule has 0 saturated heterocycles. The minimum absolute atomic E-state index is 0.00275. The molecule has 0 aliphatic rings. The summed E-state index contributed by atoms with van der Waals surface area (Å²) < 4.78 is 42.7. The van der Waals surface area contributed by atoms with Crippen LogP contribution in [-0.4, -0.2) is 34.4 Å². The zero-order valence-electron chi connectivity index (χ0n) is 16.4. The lowest BCUT2D eigenvalue weighted by Gasteiger charge is -2.10. The van der Waals surface area contributed by atoms with Gasteiger partial charge in [0, 0.05) is 12.6 Å². The van der Waals surface area contributed by atoms with Crippen molar-refractivity contribution in [1.82, 2.24) is 4.57 Å². The monoisotopic (exact) mass is 462 g/mol. The van der Waals surface area contributed by atoms with Crippen LogP contribution in [0.1, 0.15) is 32.0 Å². The summed E-state index contributed by atoms with van der Waals surface area (Å²) in [5, 5.41) is 0. The maximum absolute atomic E-state index is 12.7. The molecule has 0 fully saturated rings. The molecule has 160 valence electrons. The lowest BCUT2D eigenvalue weighted by Crippen LogP contribution is -2.18. The van der Waals surface area contributed by atoms with E-state index in [1.54, 1.807) is 23.6 Å². The Labute approximate surface area is 172 Å². The molecule has 2 aromatic rings. The number of phosphoric ester groups is 1. The molecule has 29 heavy (non-hydrogen) atoms. The zero-order chi connectivity index (χ0) is 22.0. The molecule has 1 amide bonds. The molecule has 1 aromatic heterocycles. The molecule has 0 spiro atoms. The van der Waals surface area contributed by atoms with Crippen molar-refractivity contribution in [3.63, 3.8) is 0 Å². The van der Waals surface area contributed by atoms with Crippen LogP contribution in [0.5, 0.6) is 5.75 Å². The fraction of sp³-hybridized carbons (Fsp3) is 0.412. The Morgan fingerprint density at radius 1 is 1.28 bits per heavy atom. The van der Waals surface area contributed by atoms with Gasteiger partial charge >= 0.3 is 7.82 Å². The number of hydrogen-bond donors (Lipinski definition) is 2. The number of benzene rings is 1. The maximum atomic E-state index is 12.7. The summed E-state index contributed by atoms with van der Waals surface area (Å²) in [7, 11) is -8.18. The zero-order valence-corrected chi connectivity index (χ0v) is 18.9. The Morgan fingerprint density at radius 2 is 1.86 bits per heavy atom. The fourth-order valence-corrected chi connectivity index (χ4v) is 6.48. The molecule has 2 N–H and O–H groups in total. The standard InChI is InChI=1S/C17H23N2O7PS2/c1-11(2)10-29(24,25)16-12(3)19(17(28-16)18-13(4)20)9-14-5-7-15(8-6-14)26-27(21,22)23/h5-8,11H,9-10H2,1-4H3,(H2,21,22,23). The molecular weight excluding hydrogens is 439 g/mol. The highest BCUT2D eigenvalue weighted by molar-refractivity contribution is 7.93. The molecular formula is C17H23N2O7PS2. The molecule has 0 aliphatic carbocycles. The van der Waals surface area contributed by atoms with Gasteiger partial charge in [0.15, 0.2) is 14.6 Å². The number of phosphoric acid groups is 1. The van der Waals surface area contributed by atoms with Gasteiger partial charge < -0.3 is 9.09 Å². The highest BCUT2D eigenvalue weighted by Gasteiger charge is 2.24. The number of sulfone groups is 1. The van der Waals surface area contributed by atoms with E-state index in [1.807, 2.05) is 13.8 Å². The van der Waals surface area contributed by atoms with Crippen LogP contribution < -0.4 is 9.33 Å². The first-order chi connectivity index (χ1) is 13.3. The van der Waals surface area contributed by atoms with E-state index in [0.29, 0.717) is 11.3 Å². The average Bonchev–Trinajstić information content (AvgIpc) is 2.83. The fourth-order valence-electron chi connectivity index (χ4n) is 2.65. The van der Waals surface area contributed by atoms with E-state index in [4.69, 9.17) is 9.79 Å². The number of carbonyl (C=O) groups excluding carboxylic acids is 1. The first kappa shape index (κ1) is 23.5. The average molecular weight is 462 g/mol. The number of amides is 1. The number of thiazole rings is 1. The van der Waals surface area contributed by atoms with Crippen molar-refractivity contribution in [3.05, 3.63) is 40.3 Å². The SMILES string of the molecule is CC(=O)N=c1sc(S(=O)(=O)CC(C)C)c(C)n1Cc1ccc(OP(=O)(O)O)cc1. The van der Waals surface area contributed by atoms with Gasteiger partial charge in [-0.25, -0.2) is 13.0 Å². The van der Waals surface area contributed by atoms with Crippen LogP contribution in [0.25, 0.3) is 0 Å². The van der Waals surface area contributed by atoms with Crippen LogP contribution >= 0.6 is 19.2 Å². The lowest BCUT2D eigenvalue weighted by atomic mass is 10.2.